The summed E-state index contributed by atoms with van der Waals surface area (Å²) in [4.78, 5) is 52.1. The number of hydrogen-bond donors (Lipinski definition) is 6. The molecule has 11 heteroatoms. The zero-order valence-corrected chi connectivity index (χ0v) is 21.1. The molecule has 0 aliphatic carbocycles. The molecule has 2 aromatic carbocycles. The molecule has 1 aliphatic rings. The van der Waals surface area contributed by atoms with Gasteiger partial charge in [-0.1, -0.05) is 42.5 Å². The lowest BCUT2D eigenvalue weighted by Gasteiger charge is -2.29. The molecule has 1 aliphatic heterocycles. The molecular weight excluding hydrogens is 496 g/mol. The van der Waals surface area contributed by atoms with E-state index in [0.717, 1.165) is 11.1 Å². The largest absolute Gasteiger partial charge is 0.508 e. The van der Waals surface area contributed by atoms with Crippen molar-refractivity contribution in [3.63, 3.8) is 0 Å². The lowest BCUT2D eigenvalue weighted by atomic mass is 10.0. The standard InChI is InChI=1S/C26H32N4O6S/c27-19(13-17-8-10-18(31)11-9-17)23(32)29-21(15-37)24(33)28-20(14-16-5-2-1-3-6-16)25(34)30-12-4-7-22(30)26(35)36/h1-3,5-6,8-11,19-22,31,37H,4,7,12-15,27H2,(H,28,33)(H,29,32)(H,35,36). The van der Waals surface area contributed by atoms with Gasteiger partial charge in [0, 0.05) is 18.7 Å². The first-order valence-corrected chi connectivity index (χ1v) is 12.6. The van der Waals surface area contributed by atoms with Crippen LogP contribution in [0.5, 0.6) is 5.75 Å². The number of thiol groups is 1. The Kier molecular flexibility index (Phi) is 9.93. The van der Waals surface area contributed by atoms with Crippen molar-refractivity contribution in [3.05, 3.63) is 65.7 Å². The number of benzene rings is 2. The molecule has 0 spiro atoms. The second-order valence-electron chi connectivity index (χ2n) is 9.00. The summed E-state index contributed by atoms with van der Waals surface area (Å²) in [5, 5.41) is 24.2. The monoisotopic (exact) mass is 528 g/mol. The Morgan fingerprint density at radius 2 is 1.57 bits per heavy atom. The van der Waals surface area contributed by atoms with Gasteiger partial charge in [-0.3, -0.25) is 14.4 Å². The quantitative estimate of drug-likeness (QED) is 0.231. The van der Waals surface area contributed by atoms with Gasteiger partial charge in [0.05, 0.1) is 6.04 Å². The van der Waals surface area contributed by atoms with Crippen molar-refractivity contribution in [2.24, 2.45) is 5.73 Å². The van der Waals surface area contributed by atoms with Crippen LogP contribution in [0.4, 0.5) is 0 Å². The fourth-order valence-electron chi connectivity index (χ4n) is 4.26. The first kappa shape index (κ1) is 28.0. The molecule has 3 amide bonds. The number of aromatic hydroxyl groups is 1. The Bertz CT molecular complexity index is 1100. The van der Waals surface area contributed by atoms with Crippen molar-refractivity contribution < 1.29 is 29.4 Å². The third-order valence-corrected chi connectivity index (χ3v) is 6.63. The number of carboxylic acid groups (broad SMARTS) is 1. The van der Waals surface area contributed by atoms with Crippen molar-refractivity contribution in [1.29, 1.82) is 0 Å². The van der Waals surface area contributed by atoms with Crippen molar-refractivity contribution in [2.75, 3.05) is 12.3 Å². The van der Waals surface area contributed by atoms with E-state index in [1.54, 1.807) is 24.3 Å². The van der Waals surface area contributed by atoms with Gasteiger partial charge in [-0.15, -0.1) is 0 Å². The number of likely N-dealkylation sites (tertiary alicyclic amines) is 1. The molecule has 6 N–H and O–H groups in total. The third kappa shape index (κ3) is 7.70. The maximum atomic E-state index is 13.4. The van der Waals surface area contributed by atoms with Gasteiger partial charge < -0.3 is 31.5 Å². The van der Waals surface area contributed by atoms with E-state index in [0.29, 0.717) is 12.8 Å². The number of carboxylic acids is 1. The topological polar surface area (TPSA) is 162 Å². The molecule has 1 fully saturated rings. The smallest absolute Gasteiger partial charge is 0.326 e. The van der Waals surface area contributed by atoms with E-state index in [9.17, 15) is 29.4 Å². The van der Waals surface area contributed by atoms with Gasteiger partial charge >= 0.3 is 5.97 Å². The summed E-state index contributed by atoms with van der Waals surface area (Å²) in [5.74, 6) is -2.72. The highest BCUT2D eigenvalue weighted by atomic mass is 32.1. The minimum Gasteiger partial charge on any atom is -0.508 e. The van der Waals surface area contributed by atoms with Crippen LogP contribution in [0.2, 0.25) is 0 Å². The fraction of sp³-hybridized carbons (Fsp3) is 0.385. The molecule has 10 nitrogen and oxygen atoms in total. The molecule has 3 rings (SSSR count). The fourth-order valence-corrected chi connectivity index (χ4v) is 4.52. The van der Waals surface area contributed by atoms with Crippen LogP contribution in [0.1, 0.15) is 24.0 Å². The van der Waals surface area contributed by atoms with Crippen LogP contribution in [0.15, 0.2) is 54.6 Å². The Morgan fingerprint density at radius 3 is 2.19 bits per heavy atom. The molecule has 4 atom stereocenters. The molecule has 0 bridgehead atoms. The number of amides is 3. The van der Waals surface area contributed by atoms with Crippen LogP contribution >= 0.6 is 12.6 Å². The van der Waals surface area contributed by atoms with E-state index in [4.69, 9.17) is 5.73 Å². The average molecular weight is 529 g/mol. The first-order valence-electron chi connectivity index (χ1n) is 12.0. The Morgan fingerprint density at radius 1 is 0.946 bits per heavy atom. The number of nitrogens with zero attached hydrogens (tertiary/aromatic N) is 1. The van der Waals surface area contributed by atoms with E-state index in [2.05, 4.69) is 23.3 Å². The second-order valence-corrected chi connectivity index (χ2v) is 9.36. The van der Waals surface area contributed by atoms with Crippen LogP contribution in [-0.4, -0.2) is 75.3 Å². The highest BCUT2D eigenvalue weighted by molar-refractivity contribution is 7.80. The van der Waals surface area contributed by atoms with E-state index in [-0.39, 0.29) is 30.9 Å². The second kappa shape index (κ2) is 13.1. The number of carbonyl (C=O) groups excluding carboxylic acids is 3. The normalized spacial score (nSPS) is 17.5. The summed E-state index contributed by atoms with van der Waals surface area (Å²) in [5.41, 5.74) is 7.54. The summed E-state index contributed by atoms with van der Waals surface area (Å²) >= 11 is 4.19. The molecule has 37 heavy (non-hydrogen) atoms. The zero-order chi connectivity index (χ0) is 26.9. The van der Waals surface area contributed by atoms with Crippen molar-refractivity contribution in [3.8, 4) is 5.75 Å². The maximum absolute atomic E-state index is 13.4. The van der Waals surface area contributed by atoms with Crippen LogP contribution in [0.3, 0.4) is 0 Å². The minimum absolute atomic E-state index is 0.0444. The van der Waals surface area contributed by atoms with Gasteiger partial charge in [0.15, 0.2) is 0 Å². The van der Waals surface area contributed by atoms with Gasteiger partial charge in [-0.05, 0) is 42.5 Å². The van der Waals surface area contributed by atoms with Gasteiger partial charge in [-0.25, -0.2) is 4.79 Å². The molecule has 0 saturated carbocycles. The Hall–Kier alpha value is -3.57. The van der Waals surface area contributed by atoms with Crippen LogP contribution < -0.4 is 16.4 Å². The molecule has 0 radical (unpaired) electrons. The number of aliphatic carboxylic acids is 1. The number of carbonyl (C=O) groups is 4. The molecule has 1 heterocycles. The summed E-state index contributed by atoms with van der Waals surface area (Å²) in [6.07, 6.45) is 1.25. The number of hydrogen-bond acceptors (Lipinski definition) is 7. The van der Waals surface area contributed by atoms with Gasteiger partial charge in [-0.2, -0.15) is 12.6 Å². The predicted molar refractivity (Wildman–Crippen MR) is 140 cm³/mol. The molecule has 0 aromatic heterocycles. The van der Waals surface area contributed by atoms with Crippen molar-refractivity contribution >= 4 is 36.3 Å². The van der Waals surface area contributed by atoms with E-state index in [1.165, 1.54) is 17.0 Å². The SMILES string of the molecule is NC(Cc1ccc(O)cc1)C(=O)NC(CS)C(=O)NC(Cc1ccccc1)C(=O)N1CCCC1C(=O)O. The molecule has 2 aromatic rings. The lowest BCUT2D eigenvalue weighted by molar-refractivity contribution is -0.149. The van der Waals surface area contributed by atoms with Crippen molar-refractivity contribution in [1.82, 2.24) is 15.5 Å². The lowest BCUT2D eigenvalue weighted by Crippen LogP contribution is -2.58. The zero-order valence-electron chi connectivity index (χ0n) is 20.2. The molecule has 198 valence electrons. The van der Waals surface area contributed by atoms with E-state index >= 15 is 0 Å². The highest BCUT2D eigenvalue weighted by Gasteiger charge is 2.38. The Labute approximate surface area is 220 Å². The van der Waals surface area contributed by atoms with E-state index < -0.39 is 47.9 Å². The first-order chi connectivity index (χ1) is 17.7. The maximum Gasteiger partial charge on any atom is 0.326 e. The molecule has 1 saturated heterocycles. The number of nitrogens with one attached hydrogen (secondary N) is 2. The van der Waals surface area contributed by atoms with Gasteiger partial charge in [0.25, 0.3) is 0 Å². The van der Waals surface area contributed by atoms with Crippen LogP contribution in [0.25, 0.3) is 0 Å². The van der Waals surface area contributed by atoms with Gasteiger partial charge in [0.2, 0.25) is 17.7 Å². The van der Waals surface area contributed by atoms with Crippen LogP contribution in [-0.2, 0) is 32.0 Å². The van der Waals surface area contributed by atoms with Crippen LogP contribution in [0, 0.1) is 0 Å². The molecular formula is C26H32N4O6S. The van der Waals surface area contributed by atoms with Gasteiger partial charge in [0.1, 0.15) is 23.9 Å². The highest BCUT2D eigenvalue weighted by Crippen LogP contribution is 2.20. The number of nitrogens with two attached hydrogens (primary N) is 1. The van der Waals surface area contributed by atoms with Crippen molar-refractivity contribution in [2.45, 2.75) is 49.9 Å². The Balaban J connectivity index is 1.69. The van der Waals surface area contributed by atoms with E-state index in [1.807, 2.05) is 18.2 Å². The average Bonchev–Trinajstić information content (AvgIpc) is 3.38. The summed E-state index contributed by atoms with van der Waals surface area (Å²) in [7, 11) is 0. The third-order valence-electron chi connectivity index (χ3n) is 6.26. The number of rotatable bonds is 11. The summed E-state index contributed by atoms with van der Waals surface area (Å²) in [6.45, 7) is 0.288. The number of phenols is 1. The summed E-state index contributed by atoms with van der Waals surface area (Å²) < 4.78 is 0. The minimum atomic E-state index is -1.08. The summed E-state index contributed by atoms with van der Waals surface area (Å²) in [6, 6.07) is 11.3. The number of phenolic OH excluding ortho intramolecular Hbond substituents is 1. The predicted octanol–water partition coefficient (Wildman–Crippen LogP) is 0.480. The molecule has 4 unspecified atom stereocenters.